The summed E-state index contributed by atoms with van der Waals surface area (Å²) in [5, 5.41) is 12.2. The maximum Gasteiger partial charge on any atom is 0.308 e. The van der Waals surface area contributed by atoms with E-state index >= 15 is 0 Å². The van der Waals surface area contributed by atoms with E-state index in [-0.39, 0.29) is 24.5 Å². The lowest BCUT2D eigenvalue weighted by Gasteiger charge is -2.26. The van der Waals surface area contributed by atoms with Gasteiger partial charge in [0.25, 0.3) is 0 Å². The molecule has 1 aromatic carbocycles. The largest absolute Gasteiger partial charge is 0.496 e. The van der Waals surface area contributed by atoms with Crippen molar-refractivity contribution in [2.45, 2.75) is 32.3 Å². The van der Waals surface area contributed by atoms with Crippen LogP contribution in [0.2, 0.25) is 0 Å². The molecule has 0 radical (unpaired) electrons. The molecule has 24 heavy (non-hydrogen) atoms. The third kappa shape index (κ3) is 4.96. The molecule has 0 aromatic heterocycles. The highest BCUT2D eigenvalue weighted by atomic mass is 16.5. The number of carboxylic acids is 1. The molecule has 0 saturated carbocycles. The predicted molar refractivity (Wildman–Crippen MR) is 89.0 cm³/mol. The fourth-order valence-corrected chi connectivity index (χ4v) is 2.99. The van der Waals surface area contributed by atoms with Crippen molar-refractivity contribution < 1.29 is 24.2 Å². The maximum atomic E-state index is 12.3. The lowest BCUT2D eigenvalue weighted by Crippen LogP contribution is -2.40. The lowest BCUT2D eigenvalue weighted by atomic mass is 9.94. The van der Waals surface area contributed by atoms with Gasteiger partial charge < -0.3 is 19.9 Å². The minimum atomic E-state index is -0.929. The van der Waals surface area contributed by atoms with Gasteiger partial charge in [0.15, 0.2) is 0 Å². The molecule has 1 aromatic rings. The molecule has 6 heteroatoms. The van der Waals surface area contributed by atoms with E-state index in [0.29, 0.717) is 31.6 Å². The highest BCUT2D eigenvalue weighted by Crippen LogP contribution is 2.22. The van der Waals surface area contributed by atoms with Gasteiger partial charge in [-0.15, -0.1) is 0 Å². The van der Waals surface area contributed by atoms with E-state index < -0.39 is 11.9 Å². The molecule has 3 atom stereocenters. The van der Waals surface area contributed by atoms with Crippen molar-refractivity contribution in [1.82, 2.24) is 5.32 Å². The Hall–Kier alpha value is -2.08. The molecule has 1 saturated heterocycles. The molecule has 1 aliphatic rings. The molecule has 1 heterocycles. The smallest absolute Gasteiger partial charge is 0.308 e. The number of carboxylic acid groups (broad SMARTS) is 1. The number of amides is 1. The summed E-state index contributed by atoms with van der Waals surface area (Å²) in [6, 6.07) is 7.33. The Morgan fingerprint density at radius 1 is 1.42 bits per heavy atom. The fraction of sp³-hybridized carbons (Fsp3) is 0.556. The van der Waals surface area contributed by atoms with Crippen LogP contribution >= 0.6 is 0 Å². The van der Waals surface area contributed by atoms with E-state index in [1.54, 1.807) is 13.2 Å². The monoisotopic (exact) mass is 335 g/mol. The van der Waals surface area contributed by atoms with Crippen LogP contribution in [-0.4, -0.2) is 43.3 Å². The normalized spacial score (nSPS) is 21.8. The summed E-state index contributed by atoms with van der Waals surface area (Å²) < 4.78 is 10.7. The first-order valence-corrected chi connectivity index (χ1v) is 8.25. The molecule has 2 N–H and O–H groups in total. The third-order valence-corrected chi connectivity index (χ3v) is 4.39. The van der Waals surface area contributed by atoms with Crippen LogP contribution < -0.4 is 10.1 Å². The standard InChI is InChI=1S/C18H25NO5/c1-12-9-14(7-8-24-12)17(20)19-11-15(18(21)22)10-13-5-3-4-6-16(13)23-2/h3-6,12,14-15H,7-11H2,1-2H3,(H,19,20)(H,21,22). The molecule has 132 valence electrons. The summed E-state index contributed by atoms with van der Waals surface area (Å²) in [4.78, 5) is 23.8. The number of ether oxygens (including phenoxy) is 2. The minimum absolute atomic E-state index is 0.0679. The Bertz CT molecular complexity index is 574. The van der Waals surface area contributed by atoms with Crippen molar-refractivity contribution in [2.24, 2.45) is 11.8 Å². The van der Waals surface area contributed by atoms with Crippen molar-refractivity contribution in [3.63, 3.8) is 0 Å². The number of benzene rings is 1. The van der Waals surface area contributed by atoms with E-state index in [1.807, 2.05) is 25.1 Å². The SMILES string of the molecule is COc1ccccc1CC(CNC(=O)C1CCOC(C)C1)C(=O)O. The topological polar surface area (TPSA) is 84.9 Å². The van der Waals surface area contributed by atoms with Gasteiger partial charge in [-0.25, -0.2) is 0 Å². The zero-order chi connectivity index (χ0) is 17.5. The van der Waals surface area contributed by atoms with Gasteiger partial charge in [0, 0.05) is 19.1 Å². The Kier molecular flexibility index (Phi) is 6.61. The van der Waals surface area contributed by atoms with Gasteiger partial charge in [-0.3, -0.25) is 9.59 Å². The summed E-state index contributed by atoms with van der Waals surface area (Å²) in [7, 11) is 1.56. The average Bonchev–Trinajstić information content (AvgIpc) is 2.58. The fourth-order valence-electron chi connectivity index (χ4n) is 2.99. The Morgan fingerprint density at radius 3 is 2.83 bits per heavy atom. The van der Waals surface area contributed by atoms with Gasteiger partial charge in [0.2, 0.25) is 5.91 Å². The van der Waals surface area contributed by atoms with E-state index in [4.69, 9.17) is 9.47 Å². The van der Waals surface area contributed by atoms with Gasteiger partial charge in [0.1, 0.15) is 5.75 Å². The van der Waals surface area contributed by atoms with Crippen LogP contribution in [0.5, 0.6) is 5.75 Å². The summed E-state index contributed by atoms with van der Waals surface area (Å²) in [6.45, 7) is 2.63. The molecule has 0 spiro atoms. The summed E-state index contributed by atoms with van der Waals surface area (Å²) in [6.07, 6.45) is 1.73. The zero-order valence-corrected chi connectivity index (χ0v) is 14.2. The highest BCUT2D eigenvalue weighted by molar-refractivity contribution is 5.79. The van der Waals surface area contributed by atoms with E-state index in [0.717, 1.165) is 5.56 Å². The van der Waals surface area contributed by atoms with Crippen molar-refractivity contribution in [1.29, 1.82) is 0 Å². The zero-order valence-electron chi connectivity index (χ0n) is 14.2. The maximum absolute atomic E-state index is 12.3. The van der Waals surface area contributed by atoms with Crippen LogP contribution in [-0.2, 0) is 20.7 Å². The molecule has 1 aliphatic heterocycles. The first-order chi connectivity index (χ1) is 11.5. The van der Waals surface area contributed by atoms with Crippen LogP contribution in [0, 0.1) is 11.8 Å². The summed E-state index contributed by atoms with van der Waals surface area (Å²) >= 11 is 0. The van der Waals surface area contributed by atoms with E-state index in [9.17, 15) is 14.7 Å². The predicted octanol–water partition coefficient (Wildman–Crippen LogP) is 1.87. The quantitative estimate of drug-likeness (QED) is 0.794. The molecule has 2 rings (SSSR count). The highest BCUT2D eigenvalue weighted by Gasteiger charge is 2.27. The average molecular weight is 335 g/mol. The molecule has 0 bridgehead atoms. The van der Waals surface area contributed by atoms with Gasteiger partial charge in [-0.2, -0.15) is 0 Å². The second kappa shape index (κ2) is 8.68. The van der Waals surface area contributed by atoms with Crippen molar-refractivity contribution in [3.8, 4) is 5.75 Å². The van der Waals surface area contributed by atoms with Gasteiger partial charge in [-0.1, -0.05) is 18.2 Å². The van der Waals surface area contributed by atoms with Gasteiger partial charge >= 0.3 is 5.97 Å². The summed E-state index contributed by atoms with van der Waals surface area (Å²) in [5.41, 5.74) is 0.821. The number of methoxy groups -OCH3 is 1. The van der Waals surface area contributed by atoms with Crippen LogP contribution in [0.1, 0.15) is 25.3 Å². The molecule has 0 aliphatic carbocycles. The Labute approximate surface area is 142 Å². The number of carbonyl (C=O) groups is 2. The minimum Gasteiger partial charge on any atom is -0.496 e. The lowest BCUT2D eigenvalue weighted by molar-refractivity contribution is -0.141. The van der Waals surface area contributed by atoms with Crippen LogP contribution in [0.25, 0.3) is 0 Å². The number of rotatable bonds is 7. The molecular formula is C18H25NO5. The second-order valence-corrected chi connectivity index (χ2v) is 6.20. The molecule has 6 nitrogen and oxygen atoms in total. The molecule has 1 fully saturated rings. The van der Waals surface area contributed by atoms with Crippen molar-refractivity contribution >= 4 is 11.9 Å². The number of carbonyl (C=O) groups excluding carboxylic acids is 1. The van der Waals surface area contributed by atoms with Gasteiger partial charge in [0.05, 0.1) is 19.1 Å². The van der Waals surface area contributed by atoms with E-state index in [1.165, 1.54) is 0 Å². The molecule has 1 amide bonds. The molecular weight excluding hydrogens is 310 g/mol. The number of nitrogens with one attached hydrogen (secondary N) is 1. The summed E-state index contributed by atoms with van der Waals surface area (Å²) in [5.74, 6) is -1.15. The Morgan fingerprint density at radius 2 is 2.17 bits per heavy atom. The number of para-hydroxylation sites is 1. The van der Waals surface area contributed by atoms with Crippen molar-refractivity contribution in [2.75, 3.05) is 20.3 Å². The second-order valence-electron chi connectivity index (χ2n) is 6.20. The van der Waals surface area contributed by atoms with Crippen LogP contribution in [0.4, 0.5) is 0 Å². The van der Waals surface area contributed by atoms with E-state index in [2.05, 4.69) is 5.32 Å². The number of aliphatic carboxylic acids is 1. The van der Waals surface area contributed by atoms with Gasteiger partial charge in [-0.05, 0) is 37.8 Å². The first-order valence-electron chi connectivity index (χ1n) is 8.25. The number of hydrogen-bond acceptors (Lipinski definition) is 4. The van der Waals surface area contributed by atoms with Crippen molar-refractivity contribution in [3.05, 3.63) is 29.8 Å². The Balaban J connectivity index is 1.94. The van der Waals surface area contributed by atoms with Crippen LogP contribution in [0.15, 0.2) is 24.3 Å². The first kappa shape index (κ1) is 18.3. The van der Waals surface area contributed by atoms with Crippen LogP contribution in [0.3, 0.4) is 0 Å². The molecule has 3 unspecified atom stereocenters. The number of hydrogen-bond donors (Lipinski definition) is 2. The third-order valence-electron chi connectivity index (χ3n) is 4.39.